The maximum absolute atomic E-state index is 13.7. The second-order valence-electron chi connectivity index (χ2n) is 8.57. The average molecular weight is 379 g/mol. The van der Waals surface area contributed by atoms with Crippen LogP contribution in [0.15, 0.2) is 66.7 Å². The van der Waals surface area contributed by atoms with Gasteiger partial charge in [-0.3, -0.25) is 9.59 Å². The first-order chi connectivity index (χ1) is 14.1. The summed E-state index contributed by atoms with van der Waals surface area (Å²) in [6.45, 7) is 3.96. The fraction of sp³-hybridized carbons (Fsp3) is 0.231. The molecule has 1 heterocycles. The Kier molecular flexibility index (Phi) is 3.27. The molecule has 2 amide bonds. The van der Waals surface area contributed by atoms with E-state index in [4.69, 9.17) is 0 Å². The number of amides is 2. The fourth-order valence-electron chi connectivity index (χ4n) is 5.88. The zero-order valence-corrected chi connectivity index (χ0v) is 16.4. The summed E-state index contributed by atoms with van der Waals surface area (Å²) in [4.78, 5) is 28.9. The molecular weight excluding hydrogens is 358 g/mol. The summed E-state index contributed by atoms with van der Waals surface area (Å²) < 4.78 is 0. The van der Waals surface area contributed by atoms with Gasteiger partial charge in [0.1, 0.15) is 0 Å². The van der Waals surface area contributed by atoms with Crippen molar-refractivity contribution in [2.24, 2.45) is 11.8 Å². The molecule has 29 heavy (non-hydrogen) atoms. The molecule has 1 saturated heterocycles. The van der Waals surface area contributed by atoms with Gasteiger partial charge in [0.2, 0.25) is 11.8 Å². The number of carbonyl (C=O) groups excluding carboxylic acids is 2. The van der Waals surface area contributed by atoms with E-state index in [1.807, 2.05) is 56.3 Å². The molecule has 2 atom stereocenters. The van der Waals surface area contributed by atoms with E-state index in [9.17, 15) is 9.59 Å². The molecule has 1 fully saturated rings. The van der Waals surface area contributed by atoms with Crippen molar-refractivity contribution in [2.45, 2.75) is 25.7 Å². The molecule has 3 nitrogen and oxygen atoms in total. The van der Waals surface area contributed by atoms with Crippen molar-refractivity contribution in [1.29, 1.82) is 0 Å². The van der Waals surface area contributed by atoms with Crippen molar-refractivity contribution < 1.29 is 9.59 Å². The van der Waals surface area contributed by atoms with Crippen molar-refractivity contribution >= 4 is 17.5 Å². The Morgan fingerprint density at radius 2 is 1.10 bits per heavy atom. The Bertz CT molecular complexity index is 1100. The van der Waals surface area contributed by atoms with E-state index in [2.05, 4.69) is 24.3 Å². The largest absolute Gasteiger partial charge is 0.274 e. The summed E-state index contributed by atoms with van der Waals surface area (Å²) in [5.41, 5.74) is 7.58. The van der Waals surface area contributed by atoms with Gasteiger partial charge in [-0.25, -0.2) is 4.90 Å². The van der Waals surface area contributed by atoms with Crippen LogP contribution in [0.4, 0.5) is 5.69 Å². The summed E-state index contributed by atoms with van der Waals surface area (Å²) in [6, 6.07) is 22.7. The lowest BCUT2D eigenvalue weighted by Crippen LogP contribution is -2.41. The van der Waals surface area contributed by atoms with Gasteiger partial charge >= 0.3 is 0 Å². The highest BCUT2D eigenvalue weighted by atomic mass is 16.2. The second kappa shape index (κ2) is 5.66. The summed E-state index contributed by atoms with van der Waals surface area (Å²) in [6.07, 6.45) is 0. The number of benzene rings is 3. The standard InChI is InChI=1S/C26H21NO2/c1-14-11-12-15(2)20(13-14)27-25(28)23-21-16-7-3-4-8-17(16)22(24(23)26(27)29)19-10-6-5-9-18(19)21/h3-13,21-24H,1-2H3/t21?,22?,23-,24-/m1/s1. The van der Waals surface area contributed by atoms with Crippen LogP contribution in [0, 0.1) is 25.7 Å². The molecule has 0 aromatic heterocycles. The number of rotatable bonds is 1. The normalized spacial score (nSPS) is 26.3. The molecule has 142 valence electrons. The molecule has 3 heteroatoms. The number of hydrogen-bond donors (Lipinski definition) is 0. The Morgan fingerprint density at radius 1 is 0.655 bits per heavy atom. The topological polar surface area (TPSA) is 37.4 Å². The highest BCUT2D eigenvalue weighted by molar-refractivity contribution is 6.23. The van der Waals surface area contributed by atoms with Gasteiger partial charge in [0.15, 0.2) is 0 Å². The van der Waals surface area contributed by atoms with Gasteiger partial charge < -0.3 is 0 Å². The van der Waals surface area contributed by atoms with Crippen molar-refractivity contribution in [3.8, 4) is 0 Å². The lowest BCUT2D eigenvalue weighted by molar-refractivity contribution is -0.122. The van der Waals surface area contributed by atoms with Crippen LogP contribution in [-0.2, 0) is 9.59 Å². The lowest BCUT2D eigenvalue weighted by atomic mass is 9.55. The van der Waals surface area contributed by atoms with Crippen LogP contribution in [0.5, 0.6) is 0 Å². The third-order valence-electron chi connectivity index (χ3n) is 7.05. The molecular formula is C26H21NO2. The first-order valence-corrected chi connectivity index (χ1v) is 10.2. The Labute approximate surface area is 170 Å². The lowest BCUT2D eigenvalue weighted by Gasteiger charge is -2.45. The zero-order chi connectivity index (χ0) is 19.9. The van der Waals surface area contributed by atoms with Crippen LogP contribution in [0.1, 0.15) is 45.2 Å². The van der Waals surface area contributed by atoms with Gasteiger partial charge in [0.05, 0.1) is 17.5 Å². The SMILES string of the molecule is Cc1ccc(C)c(N2C(=O)[C@@H]3C4c5ccccc5C(c5ccccc54)[C@H]3C2=O)c1. The summed E-state index contributed by atoms with van der Waals surface area (Å²) in [7, 11) is 0. The summed E-state index contributed by atoms with van der Waals surface area (Å²) in [5, 5.41) is 0. The molecule has 7 rings (SSSR count). The van der Waals surface area contributed by atoms with Gasteiger partial charge in [-0.1, -0.05) is 60.7 Å². The van der Waals surface area contributed by atoms with Crippen molar-refractivity contribution in [2.75, 3.05) is 4.90 Å². The Morgan fingerprint density at radius 3 is 1.55 bits per heavy atom. The van der Waals surface area contributed by atoms with Gasteiger partial charge in [-0.05, 0) is 53.3 Å². The molecule has 2 bridgehead atoms. The zero-order valence-electron chi connectivity index (χ0n) is 16.4. The van der Waals surface area contributed by atoms with Gasteiger partial charge in [-0.15, -0.1) is 0 Å². The summed E-state index contributed by atoms with van der Waals surface area (Å²) in [5.74, 6) is -0.845. The maximum Gasteiger partial charge on any atom is 0.238 e. The molecule has 3 aromatic carbocycles. The molecule has 3 aromatic rings. The highest BCUT2D eigenvalue weighted by Crippen LogP contribution is 2.61. The molecule has 4 aliphatic rings. The first kappa shape index (κ1) is 16.7. The molecule has 0 spiro atoms. The smallest absolute Gasteiger partial charge is 0.238 e. The van der Waals surface area contributed by atoms with E-state index in [0.29, 0.717) is 0 Å². The van der Waals surface area contributed by atoms with Crippen molar-refractivity contribution in [3.63, 3.8) is 0 Å². The van der Waals surface area contributed by atoms with E-state index in [1.165, 1.54) is 27.2 Å². The number of aryl methyl sites for hydroxylation is 2. The third kappa shape index (κ3) is 2.02. The van der Waals surface area contributed by atoms with Gasteiger partial charge in [-0.2, -0.15) is 0 Å². The minimum Gasteiger partial charge on any atom is -0.274 e. The quantitative estimate of drug-likeness (QED) is 0.575. The first-order valence-electron chi connectivity index (χ1n) is 10.2. The molecule has 1 aliphatic heterocycles. The van der Waals surface area contributed by atoms with E-state index in [1.54, 1.807) is 0 Å². The van der Waals surface area contributed by atoms with Gasteiger partial charge in [0, 0.05) is 11.8 Å². The molecule has 0 radical (unpaired) electrons. The number of nitrogens with zero attached hydrogens (tertiary/aromatic N) is 1. The molecule has 0 unspecified atom stereocenters. The highest BCUT2D eigenvalue weighted by Gasteiger charge is 2.61. The van der Waals surface area contributed by atoms with Crippen LogP contribution >= 0.6 is 0 Å². The predicted molar refractivity (Wildman–Crippen MR) is 112 cm³/mol. The number of hydrogen-bond acceptors (Lipinski definition) is 2. The van der Waals surface area contributed by atoms with Crippen LogP contribution in [0.2, 0.25) is 0 Å². The van der Waals surface area contributed by atoms with E-state index in [-0.39, 0.29) is 35.5 Å². The Balaban J connectivity index is 1.58. The molecule has 0 N–H and O–H groups in total. The third-order valence-corrected chi connectivity index (χ3v) is 7.05. The van der Waals surface area contributed by atoms with Crippen LogP contribution < -0.4 is 4.90 Å². The molecule has 3 aliphatic carbocycles. The van der Waals surface area contributed by atoms with E-state index >= 15 is 0 Å². The number of anilines is 1. The van der Waals surface area contributed by atoms with E-state index in [0.717, 1.165) is 16.8 Å². The van der Waals surface area contributed by atoms with Gasteiger partial charge in [0.25, 0.3) is 0 Å². The monoisotopic (exact) mass is 379 g/mol. The second-order valence-corrected chi connectivity index (χ2v) is 8.57. The van der Waals surface area contributed by atoms with Crippen LogP contribution in [-0.4, -0.2) is 11.8 Å². The Hall–Kier alpha value is -3.20. The number of imide groups is 1. The average Bonchev–Trinajstić information content (AvgIpc) is 3.01. The van der Waals surface area contributed by atoms with Crippen LogP contribution in [0.3, 0.4) is 0 Å². The van der Waals surface area contributed by atoms with Crippen molar-refractivity contribution in [1.82, 2.24) is 0 Å². The van der Waals surface area contributed by atoms with Crippen molar-refractivity contribution in [3.05, 3.63) is 100 Å². The number of carbonyl (C=O) groups is 2. The van der Waals surface area contributed by atoms with Crippen LogP contribution in [0.25, 0.3) is 0 Å². The maximum atomic E-state index is 13.7. The predicted octanol–water partition coefficient (Wildman–Crippen LogP) is 4.70. The molecule has 0 saturated carbocycles. The van der Waals surface area contributed by atoms with E-state index < -0.39 is 0 Å². The summed E-state index contributed by atoms with van der Waals surface area (Å²) >= 11 is 0. The fourth-order valence-corrected chi connectivity index (χ4v) is 5.88. The minimum atomic E-state index is -0.322. The minimum absolute atomic E-state index is 0.0484.